The fourth-order valence-electron chi connectivity index (χ4n) is 2.27. The molecule has 0 nitrogen and oxygen atoms in total. The highest BCUT2D eigenvalue weighted by atomic mass is 28.3. The molecule has 2 rings (SSSR count). The highest BCUT2D eigenvalue weighted by molar-refractivity contribution is 6.73. The molecule has 0 amide bonds. The molecule has 1 heteroatoms. The predicted octanol–water partition coefficient (Wildman–Crippen LogP) is 2.61. The van der Waals surface area contributed by atoms with Gasteiger partial charge >= 0.3 is 0 Å². The molecule has 1 fully saturated rings. The number of hydrogen-bond donors (Lipinski definition) is 0. The summed E-state index contributed by atoms with van der Waals surface area (Å²) in [5.41, 5.74) is 1.40. The Morgan fingerprint density at radius 3 is 2.15 bits per heavy atom. The van der Waals surface area contributed by atoms with Crippen molar-refractivity contribution >= 4 is 14.0 Å². The van der Waals surface area contributed by atoms with Crippen LogP contribution < -0.4 is 5.19 Å². The van der Waals surface area contributed by atoms with Gasteiger partial charge in [0.05, 0.1) is 8.80 Å². The SMILES string of the molecule is Cc1ccc([SiH]2CCCCC2)cc1. The second-order valence-corrected chi connectivity index (χ2v) is 7.46. The zero-order valence-electron chi connectivity index (χ0n) is 8.42. The Hall–Kier alpha value is -0.563. The van der Waals surface area contributed by atoms with E-state index in [1.807, 2.05) is 0 Å². The first-order valence-corrected chi connectivity index (χ1v) is 7.64. The van der Waals surface area contributed by atoms with Crippen molar-refractivity contribution in [2.75, 3.05) is 0 Å². The molecule has 1 aromatic rings. The molecule has 0 atom stereocenters. The minimum atomic E-state index is -0.505. The monoisotopic (exact) mass is 190 g/mol. The number of hydrogen-bond acceptors (Lipinski definition) is 0. The van der Waals surface area contributed by atoms with Crippen LogP contribution in [-0.2, 0) is 0 Å². The smallest absolute Gasteiger partial charge is 0.0631 e. The molecule has 1 heterocycles. The first kappa shape index (κ1) is 9.01. The maximum absolute atomic E-state index is 2.37. The van der Waals surface area contributed by atoms with Gasteiger partial charge in [-0.05, 0) is 6.92 Å². The molecule has 0 unspecified atom stereocenters. The van der Waals surface area contributed by atoms with Crippen molar-refractivity contribution in [1.82, 2.24) is 0 Å². The van der Waals surface area contributed by atoms with E-state index < -0.39 is 8.80 Å². The van der Waals surface area contributed by atoms with Gasteiger partial charge in [0.25, 0.3) is 0 Å². The Morgan fingerprint density at radius 1 is 0.923 bits per heavy atom. The maximum Gasteiger partial charge on any atom is 0.0708 e. The highest BCUT2D eigenvalue weighted by Gasteiger charge is 2.16. The molecule has 0 radical (unpaired) electrons. The molecule has 0 saturated carbocycles. The van der Waals surface area contributed by atoms with Crippen LogP contribution in [0.3, 0.4) is 0 Å². The number of benzene rings is 1. The average Bonchev–Trinajstić information content (AvgIpc) is 2.20. The number of aryl methyl sites for hydroxylation is 1. The van der Waals surface area contributed by atoms with E-state index in [4.69, 9.17) is 0 Å². The summed E-state index contributed by atoms with van der Waals surface area (Å²) in [7, 11) is -0.505. The summed E-state index contributed by atoms with van der Waals surface area (Å²) in [5.74, 6) is 0. The lowest BCUT2D eigenvalue weighted by atomic mass is 10.2. The van der Waals surface area contributed by atoms with Gasteiger partial charge in [-0.15, -0.1) is 0 Å². The molecule has 1 aromatic carbocycles. The third-order valence-electron chi connectivity index (χ3n) is 3.15. The third kappa shape index (κ3) is 2.22. The van der Waals surface area contributed by atoms with E-state index in [9.17, 15) is 0 Å². The molecule has 70 valence electrons. The summed E-state index contributed by atoms with van der Waals surface area (Å²) < 4.78 is 0. The van der Waals surface area contributed by atoms with Crippen LogP contribution in [0.15, 0.2) is 24.3 Å². The first-order chi connectivity index (χ1) is 6.36. The lowest BCUT2D eigenvalue weighted by molar-refractivity contribution is 0.728. The van der Waals surface area contributed by atoms with Crippen molar-refractivity contribution in [2.24, 2.45) is 0 Å². The fraction of sp³-hybridized carbons (Fsp3) is 0.500. The van der Waals surface area contributed by atoms with Crippen LogP contribution in [0.5, 0.6) is 0 Å². The van der Waals surface area contributed by atoms with Gasteiger partial charge in [0, 0.05) is 0 Å². The van der Waals surface area contributed by atoms with Crippen LogP contribution in [0.4, 0.5) is 0 Å². The Morgan fingerprint density at radius 2 is 1.54 bits per heavy atom. The third-order valence-corrected chi connectivity index (χ3v) is 6.69. The van der Waals surface area contributed by atoms with Crippen LogP contribution in [0, 0.1) is 6.92 Å². The minimum absolute atomic E-state index is 0.505. The molecule has 1 saturated heterocycles. The van der Waals surface area contributed by atoms with E-state index >= 15 is 0 Å². The van der Waals surface area contributed by atoms with Crippen molar-refractivity contribution < 1.29 is 0 Å². The van der Waals surface area contributed by atoms with E-state index in [2.05, 4.69) is 31.2 Å². The van der Waals surface area contributed by atoms with Crippen LogP contribution >= 0.6 is 0 Å². The molecule has 0 aliphatic carbocycles. The molecule has 13 heavy (non-hydrogen) atoms. The fourth-order valence-corrected chi connectivity index (χ4v) is 5.53. The van der Waals surface area contributed by atoms with Gasteiger partial charge in [0.2, 0.25) is 0 Å². The second-order valence-electron chi connectivity index (χ2n) is 4.25. The van der Waals surface area contributed by atoms with Crippen molar-refractivity contribution in [3.63, 3.8) is 0 Å². The molecule has 0 bridgehead atoms. The van der Waals surface area contributed by atoms with Gasteiger partial charge in [0.15, 0.2) is 0 Å². The second kappa shape index (κ2) is 4.10. The zero-order chi connectivity index (χ0) is 9.10. The maximum atomic E-state index is 2.37. The quantitative estimate of drug-likeness (QED) is 0.597. The van der Waals surface area contributed by atoms with Gasteiger partial charge in [-0.3, -0.25) is 0 Å². The lowest BCUT2D eigenvalue weighted by Crippen LogP contribution is -2.31. The molecule has 1 aliphatic rings. The van der Waals surface area contributed by atoms with E-state index in [0.717, 1.165) is 0 Å². The molecular weight excluding hydrogens is 172 g/mol. The Kier molecular flexibility index (Phi) is 2.84. The average molecular weight is 190 g/mol. The molecule has 0 spiro atoms. The Labute approximate surface area is 82.6 Å². The van der Waals surface area contributed by atoms with E-state index in [0.29, 0.717) is 0 Å². The van der Waals surface area contributed by atoms with Gasteiger partial charge in [-0.1, -0.05) is 66.4 Å². The van der Waals surface area contributed by atoms with Gasteiger partial charge < -0.3 is 0 Å². The van der Waals surface area contributed by atoms with E-state index in [1.165, 1.54) is 24.8 Å². The highest BCUT2D eigenvalue weighted by Crippen LogP contribution is 2.18. The Balaban J connectivity index is 2.10. The minimum Gasteiger partial charge on any atom is -0.0631 e. The van der Waals surface area contributed by atoms with Crippen LogP contribution in [0.25, 0.3) is 0 Å². The summed E-state index contributed by atoms with van der Waals surface area (Å²) in [4.78, 5) is 0. The Bertz CT molecular complexity index is 257. The summed E-state index contributed by atoms with van der Waals surface area (Å²) in [5, 5.41) is 1.70. The molecule has 1 aliphatic heterocycles. The van der Waals surface area contributed by atoms with Gasteiger partial charge in [-0.25, -0.2) is 0 Å². The summed E-state index contributed by atoms with van der Waals surface area (Å²) >= 11 is 0. The van der Waals surface area contributed by atoms with Crippen molar-refractivity contribution in [1.29, 1.82) is 0 Å². The van der Waals surface area contributed by atoms with E-state index in [-0.39, 0.29) is 0 Å². The van der Waals surface area contributed by atoms with Crippen molar-refractivity contribution in [3.8, 4) is 0 Å². The summed E-state index contributed by atoms with van der Waals surface area (Å²) in [6.45, 7) is 2.17. The van der Waals surface area contributed by atoms with Crippen LogP contribution in [0.1, 0.15) is 24.8 Å². The largest absolute Gasteiger partial charge is 0.0708 e. The van der Waals surface area contributed by atoms with Crippen LogP contribution in [-0.4, -0.2) is 8.80 Å². The first-order valence-electron chi connectivity index (χ1n) is 5.43. The molecule has 0 N–H and O–H groups in total. The lowest BCUT2D eigenvalue weighted by Gasteiger charge is -2.20. The molecular formula is C12H18Si. The van der Waals surface area contributed by atoms with Gasteiger partial charge in [0.1, 0.15) is 0 Å². The van der Waals surface area contributed by atoms with Crippen LogP contribution in [0.2, 0.25) is 12.1 Å². The topological polar surface area (TPSA) is 0 Å². The van der Waals surface area contributed by atoms with Crippen molar-refractivity contribution in [3.05, 3.63) is 29.8 Å². The van der Waals surface area contributed by atoms with Crippen molar-refractivity contribution in [2.45, 2.75) is 38.3 Å². The zero-order valence-corrected chi connectivity index (χ0v) is 9.58. The standard InChI is InChI=1S/C12H18Si/c1-11-5-7-12(8-6-11)13-9-3-2-4-10-13/h5-8,13H,2-4,9-10H2,1H3. The van der Waals surface area contributed by atoms with E-state index in [1.54, 1.807) is 17.3 Å². The predicted molar refractivity (Wildman–Crippen MR) is 61.4 cm³/mol. The summed E-state index contributed by atoms with van der Waals surface area (Å²) in [6.07, 6.45) is 4.46. The number of rotatable bonds is 1. The van der Waals surface area contributed by atoms with Gasteiger partial charge in [-0.2, -0.15) is 0 Å². The summed E-state index contributed by atoms with van der Waals surface area (Å²) in [6, 6.07) is 12.4. The normalized spacial score (nSPS) is 18.8. The molecule has 0 aromatic heterocycles.